The van der Waals surface area contributed by atoms with E-state index in [2.05, 4.69) is 0 Å². The quantitative estimate of drug-likeness (QED) is 0.260. The van der Waals surface area contributed by atoms with Crippen molar-refractivity contribution in [3.05, 3.63) is 0 Å². The van der Waals surface area contributed by atoms with Crippen LogP contribution in [0.15, 0.2) is 0 Å². The first-order valence-electron chi connectivity index (χ1n) is 13.8. The average molecular weight is 720 g/mol. The summed E-state index contributed by atoms with van der Waals surface area (Å²) in [5, 5.41) is 0. The van der Waals surface area contributed by atoms with Gasteiger partial charge in [0, 0.05) is 32.5 Å². The minimum atomic E-state index is -0.402. The normalized spacial score (nSPS) is 12.4. The van der Waals surface area contributed by atoms with Crippen LogP contribution >= 0.6 is 0 Å². The second-order valence-corrected chi connectivity index (χ2v) is 16.6. The summed E-state index contributed by atoms with van der Waals surface area (Å²) < 4.78 is 0. The molecule has 7 heteroatoms. The molecule has 0 aromatic heterocycles. The number of carbonyl (C=O) groups is 6. The van der Waals surface area contributed by atoms with E-state index in [1.165, 1.54) is 0 Å². The van der Waals surface area contributed by atoms with Crippen LogP contribution in [-0.2, 0) is 28.8 Å². The summed E-state index contributed by atoms with van der Waals surface area (Å²) in [6, 6.07) is 0. The third kappa shape index (κ3) is 21.9. The van der Waals surface area contributed by atoms with Crippen molar-refractivity contribution in [2.75, 3.05) is 0 Å². The third-order valence-corrected chi connectivity index (χ3v) is 5.98. The van der Waals surface area contributed by atoms with Crippen molar-refractivity contribution in [1.82, 2.24) is 0 Å². The molecule has 0 aliphatic rings. The van der Waals surface area contributed by atoms with Gasteiger partial charge in [0.05, 0.1) is 19.3 Å². The molecule has 40 heavy (non-hydrogen) atoms. The van der Waals surface area contributed by atoms with Gasteiger partial charge in [-0.2, -0.15) is 0 Å². The van der Waals surface area contributed by atoms with Gasteiger partial charge < -0.3 is 0 Å². The van der Waals surface area contributed by atoms with Crippen LogP contribution in [0.3, 0.4) is 0 Å². The molecule has 0 saturated carbocycles. The molecule has 0 atom stereocenters. The van der Waals surface area contributed by atoms with E-state index >= 15 is 0 Å². The van der Waals surface area contributed by atoms with Crippen molar-refractivity contribution in [2.24, 2.45) is 32.5 Å². The first-order chi connectivity index (χ1) is 16.6. The molecule has 0 amide bonds. The maximum Gasteiger partial charge on any atom is 3.00 e. The monoisotopic (exact) mass is 718 g/mol. The number of rotatable bonds is 6. The van der Waals surface area contributed by atoms with Gasteiger partial charge in [-0.15, -0.1) is 0 Å². The van der Waals surface area contributed by atoms with Gasteiger partial charge in [-0.3, -0.25) is 28.8 Å². The van der Waals surface area contributed by atoms with Gasteiger partial charge in [0.2, 0.25) is 0 Å². The van der Waals surface area contributed by atoms with Crippen LogP contribution < -0.4 is 0 Å². The van der Waals surface area contributed by atoms with Gasteiger partial charge in [0.15, 0.2) is 0 Å². The van der Waals surface area contributed by atoms with E-state index in [0.29, 0.717) is 0 Å². The van der Waals surface area contributed by atoms with Gasteiger partial charge in [-0.05, 0) is 0 Å². The second kappa shape index (κ2) is 16.8. The number of ketones is 6. The van der Waals surface area contributed by atoms with E-state index in [9.17, 15) is 28.8 Å². The number of hydrogen-bond donors (Lipinski definition) is 0. The van der Waals surface area contributed by atoms with Crippen molar-refractivity contribution >= 4 is 34.7 Å². The third-order valence-electron chi connectivity index (χ3n) is 5.98. The number of Topliss-reactive ketones (excluding diaryl/α,β-unsaturated/α-hetero) is 6. The Kier molecular flexibility index (Phi) is 19.4. The Balaban J connectivity index is -0.000000240. The van der Waals surface area contributed by atoms with E-state index in [-0.39, 0.29) is 91.3 Å². The Labute approximate surface area is 275 Å². The molecule has 0 aliphatic heterocycles. The molecule has 0 rings (SSSR count). The molecule has 1 radical (unpaired) electrons. The standard InChI is InChI=1S/3C11H20O2.Er/c3*1-10(2,3)8(12)7-9(13)11(4,5)6;/h3*7H2,1-6H3;/q;;;+3. The van der Waals surface area contributed by atoms with Crippen LogP contribution in [0, 0.1) is 69.8 Å². The maximum atomic E-state index is 11.5. The molecule has 0 saturated heterocycles. The van der Waals surface area contributed by atoms with E-state index in [4.69, 9.17) is 0 Å². The van der Waals surface area contributed by atoms with Crippen LogP contribution in [0.2, 0.25) is 0 Å². The van der Waals surface area contributed by atoms with Crippen LogP contribution in [0.4, 0.5) is 0 Å². The van der Waals surface area contributed by atoms with Gasteiger partial charge in [-0.1, -0.05) is 125 Å². The molecular formula is C33H60ErO6+3. The molecule has 0 aromatic carbocycles. The molecule has 0 N–H and O–H groups in total. The predicted octanol–water partition coefficient (Wildman–Crippen LogP) is 7.82. The summed E-state index contributed by atoms with van der Waals surface area (Å²) in [4.78, 5) is 69.0. The van der Waals surface area contributed by atoms with E-state index in [1.807, 2.05) is 125 Å². The van der Waals surface area contributed by atoms with E-state index in [1.54, 1.807) is 0 Å². The number of carbonyl (C=O) groups excluding carboxylic acids is 6. The molecule has 0 aromatic rings. The first kappa shape index (κ1) is 46.2. The van der Waals surface area contributed by atoms with Crippen molar-refractivity contribution in [3.8, 4) is 0 Å². The molecule has 6 nitrogen and oxygen atoms in total. The zero-order valence-electron chi connectivity index (χ0n) is 28.9. The van der Waals surface area contributed by atoms with Crippen LogP contribution in [-0.4, -0.2) is 34.7 Å². The van der Waals surface area contributed by atoms with Gasteiger partial charge in [0.25, 0.3) is 0 Å². The number of hydrogen-bond acceptors (Lipinski definition) is 6. The van der Waals surface area contributed by atoms with Crippen molar-refractivity contribution in [2.45, 2.75) is 144 Å². The Morgan fingerprint density at radius 2 is 0.350 bits per heavy atom. The summed E-state index contributed by atoms with van der Waals surface area (Å²) in [5.74, 6) is 0.125. The minimum absolute atomic E-state index is 0. The van der Waals surface area contributed by atoms with Crippen LogP contribution in [0.5, 0.6) is 0 Å². The van der Waals surface area contributed by atoms with Crippen molar-refractivity contribution in [1.29, 1.82) is 0 Å². The molecule has 0 heterocycles. The SMILES string of the molecule is CC(C)(C)C(=O)CC(=O)C(C)(C)C.CC(C)(C)C(=O)CC(=O)C(C)(C)C.CC(C)(C)C(=O)CC(=O)C(C)(C)C.[Er+3]. The van der Waals surface area contributed by atoms with Gasteiger partial charge in [-0.25, -0.2) is 0 Å². The molecule has 237 valence electrons. The Hall–Kier alpha value is -0.733. The molecule has 0 unspecified atom stereocenters. The summed E-state index contributed by atoms with van der Waals surface area (Å²) in [5.41, 5.74) is -2.41. The molecule has 0 bridgehead atoms. The fraction of sp³-hybridized carbons (Fsp3) is 0.818. The Morgan fingerprint density at radius 1 is 0.275 bits per heavy atom. The van der Waals surface area contributed by atoms with Crippen LogP contribution in [0.25, 0.3) is 0 Å². The zero-order chi connectivity index (χ0) is 32.6. The van der Waals surface area contributed by atoms with Gasteiger partial charge in [0.1, 0.15) is 34.7 Å². The second-order valence-electron chi connectivity index (χ2n) is 16.6. The zero-order valence-corrected chi connectivity index (χ0v) is 30.7. The largest absolute Gasteiger partial charge is 3.00 e. The Bertz CT molecular complexity index is 693. The summed E-state index contributed by atoms with van der Waals surface area (Å²) in [7, 11) is 0. The van der Waals surface area contributed by atoms with Crippen molar-refractivity contribution < 1.29 is 66.1 Å². The maximum absolute atomic E-state index is 11.5. The molecule has 0 spiro atoms. The van der Waals surface area contributed by atoms with Crippen LogP contribution in [0.1, 0.15) is 144 Å². The fourth-order valence-electron chi connectivity index (χ4n) is 2.03. The van der Waals surface area contributed by atoms with E-state index in [0.717, 1.165) is 0 Å². The molecule has 0 aliphatic carbocycles. The summed E-state index contributed by atoms with van der Waals surface area (Å²) >= 11 is 0. The summed E-state index contributed by atoms with van der Waals surface area (Å²) in [6.07, 6.45) is 0.187. The van der Waals surface area contributed by atoms with E-state index < -0.39 is 32.5 Å². The summed E-state index contributed by atoms with van der Waals surface area (Å²) in [6.45, 7) is 33.1. The predicted molar refractivity (Wildman–Crippen MR) is 161 cm³/mol. The molecule has 0 fully saturated rings. The minimum Gasteiger partial charge on any atom is -0.299 e. The fourth-order valence-corrected chi connectivity index (χ4v) is 2.03. The van der Waals surface area contributed by atoms with Gasteiger partial charge >= 0.3 is 37.3 Å². The first-order valence-corrected chi connectivity index (χ1v) is 13.8. The topological polar surface area (TPSA) is 102 Å². The molecular weight excluding hydrogens is 660 g/mol. The van der Waals surface area contributed by atoms with Crippen molar-refractivity contribution in [3.63, 3.8) is 0 Å². The Morgan fingerprint density at radius 3 is 0.400 bits per heavy atom. The smallest absolute Gasteiger partial charge is 0.299 e. The average Bonchev–Trinajstić information content (AvgIpc) is 2.64.